The Labute approximate surface area is 137 Å². The molecule has 0 aromatic carbocycles. The van der Waals surface area contributed by atoms with Gasteiger partial charge in [-0.1, -0.05) is 39.0 Å². The molecule has 0 N–H and O–H groups in total. The molecule has 0 radical (unpaired) electrons. The molecule has 0 aliphatic rings. The van der Waals surface area contributed by atoms with Crippen molar-refractivity contribution in [2.45, 2.75) is 52.4 Å². The fraction of sp³-hybridized carbons (Fsp3) is 1.00. The number of unbranched alkanes of at least 4 members (excludes halogenated alkanes) is 5. The van der Waals surface area contributed by atoms with Gasteiger partial charge in [-0.2, -0.15) is 0 Å². The quantitative estimate of drug-likeness (QED) is 0.345. The van der Waals surface area contributed by atoms with Crippen LogP contribution in [0.15, 0.2) is 0 Å². The molecule has 0 heterocycles. The zero-order valence-corrected chi connectivity index (χ0v) is 10.4. The summed E-state index contributed by atoms with van der Waals surface area (Å²) in [5, 5.41) is 0. The van der Waals surface area contributed by atoms with E-state index in [-0.39, 0.29) is 51.4 Å². The van der Waals surface area contributed by atoms with Crippen molar-refractivity contribution in [1.29, 1.82) is 0 Å². The third-order valence-corrected chi connectivity index (χ3v) is 2.94. The molecule has 0 spiro atoms. The first-order valence-corrected chi connectivity index (χ1v) is 6.83. The van der Waals surface area contributed by atoms with Gasteiger partial charge in [-0.3, -0.25) is 4.57 Å². The zero-order chi connectivity index (χ0) is 10.6. The van der Waals surface area contributed by atoms with Gasteiger partial charge in [0.05, 0.1) is 13.2 Å². The molecule has 1 atom stereocenters. The van der Waals surface area contributed by atoms with Gasteiger partial charge < -0.3 is 9.05 Å². The molecule has 0 saturated carbocycles. The van der Waals surface area contributed by atoms with Crippen LogP contribution < -0.4 is 0 Å². The van der Waals surface area contributed by atoms with E-state index in [0.717, 1.165) is 6.42 Å². The fourth-order valence-electron chi connectivity index (χ4n) is 1.20. The minimum atomic E-state index is -2.19. The standard InChI is InChI=1S/C10H23O3P.K.H/c1-3-5-6-7-8-9-10-13-14(11)12-4-2;;/h14H,3-10H2,1-2H3;;. The molecule has 0 fully saturated rings. The van der Waals surface area contributed by atoms with E-state index in [4.69, 9.17) is 9.05 Å². The molecule has 1 unspecified atom stereocenters. The summed E-state index contributed by atoms with van der Waals surface area (Å²) in [6, 6.07) is 0. The van der Waals surface area contributed by atoms with Crippen LogP contribution in [0.1, 0.15) is 52.4 Å². The van der Waals surface area contributed by atoms with Crippen LogP contribution in [0.3, 0.4) is 0 Å². The van der Waals surface area contributed by atoms with Crippen molar-refractivity contribution in [3.8, 4) is 0 Å². The first-order valence-electron chi connectivity index (χ1n) is 5.60. The van der Waals surface area contributed by atoms with E-state index in [1.165, 1.54) is 32.1 Å². The molecule has 15 heavy (non-hydrogen) atoms. The Morgan fingerprint density at radius 3 is 2.13 bits per heavy atom. The van der Waals surface area contributed by atoms with Crippen molar-refractivity contribution in [2.75, 3.05) is 13.2 Å². The molecule has 5 heteroatoms. The van der Waals surface area contributed by atoms with Crippen LogP contribution in [0.5, 0.6) is 0 Å². The fourth-order valence-corrected chi connectivity index (χ4v) is 1.83. The number of hydrogen-bond acceptors (Lipinski definition) is 3. The monoisotopic (exact) mass is 262 g/mol. The first kappa shape index (κ1) is 19.1. The van der Waals surface area contributed by atoms with Crippen LogP contribution in [-0.2, 0) is 13.6 Å². The maximum absolute atomic E-state index is 10.9. The Balaban J connectivity index is 0. The van der Waals surface area contributed by atoms with E-state index in [1.54, 1.807) is 0 Å². The molecule has 0 amide bonds. The summed E-state index contributed by atoms with van der Waals surface area (Å²) in [6.45, 7) is 5.06. The second-order valence-electron chi connectivity index (χ2n) is 3.30. The molecule has 0 aliphatic carbocycles. The Morgan fingerprint density at radius 1 is 0.933 bits per heavy atom. The van der Waals surface area contributed by atoms with Gasteiger partial charge in [0.15, 0.2) is 0 Å². The topological polar surface area (TPSA) is 35.5 Å². The van der Waals surface area contributed by atoms with Crippen molar-refractivity contribution >= 4 is 59.6 Å². The summed E-state index contributed by atoms with van der Waals surface area (Å²) in [4.78, 5) is 0. The Bertz CT molecular complexity index is 145. The molecule has 3 nitrogen and oxygen atoms in total. The van der Waals surface area contributed by atoms with Crippen LogP contribution in [0.2, 0.25) is 0 Å². The van der Waals surface area contributed by atoms with Crippen LogP contribution in [-0.4, -0.2) is 64.6 Å². The Hall–Kier alpha value is 1.79. The van der Waals surface area contributed by atoms with Gasteiger partial charge in [-0.15, -0.1) is 0 Å². The van der Waals surface area contributed by atoms with Crippen LogP contribution >= 0.6 is 8.25 Å². The number of rotatable bonds is 10. The van der Waals surface area contributed by atoms with Crippen molar-refractivity contribution in [3.05, 3.63) is 0 Å². The van der Waals surface area contributed by atoms with E-state index < -0.39 is 8.25 Å². The molecule has 0 saturated heterocycles. The summed E-state index contributed by atoms with van der Waals surface area (Å²) in [6.07, 6.45) is 7.31. The average molecular weight is 262 g/mol. The minimum absolute atomic E-state index is 0. The van der Waals surface area contributed by atoms with E-state index in [2.05, 4.69) is 6.92 Å². The summed E-state index contributed by atoms with van der Waals surface area (Å²) in [7, 11) is -2.19. The zero-order valence-electron chi connectivity index (χ0n) is 9.38. The predicted molar refractivity (Wildman–Crippen MR) is 67.1 cm³/mol. The van der Waals surface area contributed by atoms with E-state index in [0.29, 0.717) is 13.2 Å². The second kappa shape index (κ2) is 15.8. The molecular weight excluding hydrogens is 238 g/mol. The predicted octanol–water partition coefficient (Wildman–Crippen LogP) is 3.14. The van der Waals surface area contributed by atoms with Gasteiger partial charge in [-0.05, 0) is 13.3 Å². The summed E-state index contributed by atoms with van der Waals surface area (Å²) in [5.41, 5.74) is 0. The Kier molecular flexibility index (Phi) is 20.1. The van der Waals surface area contributed by atoms with Crippen LogP contribution in [0.25, 0.3) is 0 Å². The summed E-state index contributed by atoms with van der Waals surface area (Å²) < 4.78 is 20.7. The van der Waals surface area contributed by atoms with Gasteiger partial charge in [0, 0.05) is 0 Å². The molecule has 0 aliphatic heterocycles. The number of hydrogen-bond donors (Lipinski definition) is 0. The van der Waals surface area contributed by atoms with E-state index in [1.807, 2.05) is 6.92 Å². The first-order chi connectivity index (χ1) is 6.81. The van der Waals surface area contributed by atoms with Gasteiger partial charge in [0.1, 0.15) is 0 Å². The van der Waals surface area contributed by atoms with Gasteiger partial charge in [0.25, 0.3) is 0 Å². The van der Waals surface area contributed by atoms with Crippen molar-refractivity contribution < 1.29 is 13.6 Å². The van der Waals surface area contributed by atoms with Crippen molar-refractivity contribution in [1.82, 2.24) is 0 Å². The maximum atomic E-state index is 10.9. The van der Waals surface area contributed by atoms with Gasteiger partial charge in [-0.25, -0.2) is 0 Å². The van der Waals surface area contributed by atoms with Crippen LogP contribution in [0, 0.1) is 0 Å². The van der Waals surface area contributed by atoms with Crippen molar-refractivity contribution in [3.63, 3.8) is 0 Å². The van der Waals surface area contributed by atoms with Crippen molar-refractivity contribution in [2.24, 2.45) is 0 Å². The normalized spacial score (nSPS) is 12.1. The SMILES string of the molecule is CCCCCCCCO[PH](=O)OCC.[KH]. The van der Waals surface area contributed by atoms with E-state index >= 15 is 0 Å². The second-order valence-corrected chi connectivity index (χ2v) is 4.38. The molecule has 0 aromatic heterocycles. The molecule has 88 valence electrons. The molecule has 0 bridgehead atoms. The third-order valence-electron chi connectivity index (χ3n) is 1.98. The Morgan fingerprint density at radius 2 is 1.53 bits per heavy atom. The van der Waals surface area contributed by atoms with Gasteiger partial charge >= 0.3 is 59.6 Å². The average Bonchev–Trinajstić information content (AvgIpc) is 2.17. The van der Waals surface area contributed by atoms with E-state index in [9.17, 15) is 4.57 Å². The molecule has 0 aromatic rings. The molecule has 0 rings (SSSR count). The van der Waals surface area contributed by atoms with Gasteiger partial charge in [0.2, 0.25) is 0 Å². The summed E-state index contributed by atoms with van der Waals surface area (Å²) >= 11 is 0. The third kappa shape index (κ3) is 15.8. The van der Waals surface area contributed by atoms with Crippen LogP contribution in [0.4, 0.5) is 0 Å². The summed E-state index contributed by atoms with van der Waals surface area (Å²) in [5.74, 6) is 0. The molecular formula is C10H24KO3P.